The van der Waals surface area contributed by atoms with Crippen LogP contribution in [0.5, 0.6) is 0 Å². The molecule has 1 amide bonds. The Balaban J connectivity index is 1.57. The zero-order valence-electron chi connectivity index (χ0n) is 14.2. The Bertz CT molecular complexity index is 870. The van der Waals surface area contributed by atoms with Gasteiger partial charge in [0.1, 0.15) is 0 Å². The van der Waals surface area contributed by atoms with E-state index in [4.69, 9.17) is 0 Å². The summed E-state index contributed by atoms with van der Waals surface area (Å²) in [6.07, 6.45) is 5.54. The molecule has 3 aromatic rings. The first-order valence-corrected chi connectivity index (χ1v) is 8.57. The minimum Gasteiger partial charge on any atom is -0.330 e. The highest BCUT2D eigenvalue weighted by Gasteiger charge is 2.31. The summed E-state index contributed by atoms with van der Waals surface area (Å²) < 4.78 is 1.86. The van der Waals surface area contributed by atoms with Gasteiger partial charge < -0.3 is 4.90 Å². The molecule has 0 unspecified atom stereocenters. The second-order valence-electron chi connectivity index (χ2n) is 6.34. The minimum atomic E-state index is 0.0666. The van der Waals surface area contributed by atoms with Gasteiger partial charge in [0.05, 0.1) is 17.4 Å². The molecule has 25 heavy (non-hydrogen) atoms. The molecule has 0 aliphatic carbocycles. The van der Waals surface area contributed by atoms with E-state index in [0.29, 0.717) is 5.56 Å². The summed E-state index contributed by atoms with van der Waals surface area (Å²) in [4.78, 5) is 19.4. The van der Waals surface area contributed by atoms with Crippen LogP contribution in [0.2, 0.25) is 0 Å². The first-order chi connectivity index (χ1) is 12.2. The second kappa shape index (κ2) is 6.51. The largest absolute Gasteiger partial charge is 0.330 e. The Labute approximate surface area is 146 Å². The first kappa shape index (κ1) is 15.6. The zero-order valence-corrected chi connectivity index (χ0v) is 14.2. The summed E-state index contributed by atoms with van der Waals surface area (Å²) in [5.74, 6) is 0.0666. The molecular formula is C20H20N4O. The lowest BCUT2D eigenvalue weighted by atomic mass is 10.1. The van der Waals surface area contributed by atoms with Crippen molar-refractivity contribution in [2.24, 2.45) is 0 Å². The predicted molar refractivity (Wildman–Crippen MR) is 95.5 cm³/mol. The standard InChI is InChI=1S/C20H20N4O/c1-15-11-13-22-24(15)17-9-7-16(8-10-17)20(25)23-14-4-6-19(23)18-5-2-3-12-21-18/h2-3,5,7-13,19H,4,6,14H2,1H3/t19-/m0/s1. The molecule has 1 saturated heterocycles. The number of aryl methyl sites for hydroxylation is 1. The number of amides is 1. The Morgan fingerprint density at radius 1 is 1.08 bits per heavy atom. The smallest absolute Gasteiger partial charge is 0.254 e. The van der Waals surface area contributed by atoms with Crippen LogP contribution in [0.25, 0.3) is 5.69 Å². The molecule has 0 N–H and O–H groups in total. The van der Waals surface area contributed by atoms with Gasteiger partial charge in [0, 0.05) is 30.2 Å². The van der Waals surface area contributed by atoms with Crippen LogP contribution >= 0.6 is 0 Å². The van der Waals surface area contributed by atoms with Crippen LogP contribution in [-0.4, -0.2) is 32.1 Å². The van der Waals surface area contributed by atoms with Crippen LogP contribution < -0.4 is 0 Å². The lowest BCUT2D eigenvalue weighted by Gasteiger charge is -2.24. The number of carbonyl (C=O) groups is 1. The van der Waals surface area contributed by atoms with Crippen LogP contribution in [0.3, 0.4) is 0 Å². The molecule has 0 radical (unpaired) electrons. The topological polar surface area (TPSA) is 51.0 Å². The molecule has 1 fully saturated rings. The van der Waals surface area contributed by atoms with Crippen LogP contribution in [0.4, 0.5) is 0 Å². The van der Waals surface area contributed by atoms with Crippen LogP contribution in [-0.2, 0) is 0 Å². The second-order valence-corrected chi connectivity index (χ2v) is 6.34. The Kier molecular flexibility index (Phi) is 4.06. The van der Waals surface area contributed by atoms with Gasteiger partial charge in [0.2, 0.25) is 0 Å². The number of benzene rings is 1. The molecular weight excluding hydrogens is 312 g/mol. The Morgan fingerprint density at radius 3 is 2.60 bits per heavy atom. The summed E-state index contributed by atoms with van der Waals surface area (Å²) in [7, 11) is 0. The molecule has 0 spiro atoms. The maximum absolute atomic E-state index is 13.0. The Morgan fingerprint density at radius 2 is 1.92 bits per heavy atom. The van der Waals surface area contributed by atoms with Gasteiger partial charge in [0.25, 0.3) is 5.91 Å². The van der Waals surface area contributed by atoms with Crippen molar-refractivity contribution in [2.45, 2.75) is 25.8 Å². The van der Waals surface area contributed by atoms with E-state index >= 15 is 0 Å². The number of pyridine rings is 1. The van der Waals surface area contributed by atoms with E-state index in [1.54, 1.807) is 12.4 Å². The van der Waals surface area contributed by atoms with E-state index in [1.165, 1.54) is 0 Å². The number of rotatable bonds is 3. The van der Waals surface area contributed by atoms with E-state index < -0.39 is 0 Å². The maximum Gasteiger partial charge on any atom is 0.254 e. The van der Waals surface area contributed by atoms with Gasteiger partial charge in [-0.15, -0.1) is 0 Å². The van der Waals surface area contributed by atoms with Crippen molar-refractivity contribution in [1.82, 2.24) is 19.7 Å². The molecule has 1 aliphatic rings. The van der Waals surface area contributed by atoms with Crippen molar-refractivity contribution >= 4 is 5.91 Å². The first-order valence-electron chi connectivity index (χ1n) is 8.57. The number of hydrogen-bond donors (Lipinski definition) is 0. The monoisotopic (exact) mass is 332 g/mol. The summed E-state index contributed by atoms with van der Waals surface area (Å²) in [5, 5.41) is 4.30. The molecule has 4 rings (SSSR count). The number of carbonyl (C=O) groups excluding carboxylic acids is 1. The fourth-order valence-electron chi connectivity index (χ4n) is 3.44. The maximum atomic E-state index is 13.0. The average Bonchev–Trinajstić information content (AvgIpc) is 3.31. The van der Waals surface area contributed by atoms with E-state index in [9.17, 15) is 4.79 Å². The molecule has 126 valence electrons. The van der Waals surface area contributed by atoms with Gasteiger partial charge in [0.15, 0.2) is 0 Å². The van der Waals surface area contributed by atoms with Crippen molar-refractivity contribution < 1.29 is 4.79 Å². The zero-order chi connectivity index (χ0) is 17.2. The molecule has 1 atom stereocenters. The quantitative estimate of drug-likeness (QED) is 0.737. The minimum absolute atomic E-state index is 0.0666. The van der Waals surface area contributed by atoms with Crippen molar-refractivity contribution in [3.8, 4) is 5.69 Å². The fraction of sp³-hybridized carbons (Fsp3) is 0.250. The third-order valence-corrected chi connectivity index (χ3v) is 4.73. The van der Waals surface area contributed by atoms with Crippen molar-refractivity contribution in [2.75, 3.05) is 6.54 Å². The average molecular weight is 332 g/mol. The highest BCUT2D eigenvalue weighted by atomic mass is 16.2. The highest BCUT2D eigenvalue weighted by molar-refractivity contribution is 5.94. The normalized spacial score (nSPS) is 17.0. The van der Waals surface area contributed by atoms with Crippen LogP contribution in [0, 0.1) is 6.92 Å². The number of hydrogen-bond acceptors (Lipinski definition) is 3. The molecule has 5 nitrogen and oxygen atoms in total. The van der Waals surface area contributed by atoms with Crippen molar-refractivity contribution in [1.29, 1.82) is 0 Å². The highest BCUT2D eigenvalue weighted by Crippen LogP contribution is 2.32. The lowest BCUT2D eigenvalue weighted by molar-refractivity contribution is 0.0733. The molecule has 0 saturated carbocycles. The van der Waals surface area contributed by atoms with Crippen molar-refractivity contribution in [3.05, 3.63) is 77.9 Å². The van der Waals surface area contributed by atoms with Gasteiger partial charge in [-0.05, 0) is 62.2 Å². The van der Waals surface area contributed by atoms with E-state index in [-0.39, 0.29) is 11.9 Å². The number of likely N-dealkylation sites (tertiary alicyclic amines) is 1. The predicted octanol–water partition coefficient (Wildman–Crippen LogP) is 3.55. The molecule has 1 aliphatic heterocycles. The number of aromatic nitrogens is 3. The summed E-state index contributed by atoms with van der Waals surface area (Å²) in [6.45, 7) is 2.79. The van der Waals surface area contributed by atoms with E-state index in [0.717, 1.165) is 36.5 Å². The molecule has 5 heteroatoms. The molecule has 0 bridgehead atoms. The third-order valence-electron chi connectivity index (χ3n) is 4.73. The van der Waals surface area contributed by atoms with Crippen LogP contribution in [0.1, 0.15) is 40.6 Å². The number of nitrogens with zero attached hydrogens (tertiary/aromatic N) is 4. The van der Waals surface area contributed by atoms with Gasteiger partial charge in [-0.3, -0.25) is 9.78 Å². The summed E-state index contributed by atoms with van der Waals surface area (Å²) in [6, 6.07) is 15.6. The van der Waals surface area contributed by atoms with Gasteiger partial charge in [-0.2, -0.15) is 5.10 Å². The molecule has 1 aromatic carbocycles. The van der Waals surface area contributed by atoms with Gasteiger partial charge in [-0.1, -0.05) is 6.07 Å². The van der Waals surface area contributed by atoms with E-state index in [2.05, 4.69) is 10.1 Å². The Hall–Kier alpha value is -2.95. The van der Waals surface area contributed by atoms with Gasteiger partial charge in [-0.25, -0.2) is 4.68 Å². The molecule has 2 aromatic heterocycles. The fourth-order valence-corrected chi connectivity index (χ4v) is 3.44. The van der Waals surface area contributed by atoms with E-state index in [1.807, 2.05) is 65.0 Å². The summed E-state index contributed by atoms with van der Waals surface area (Å²) >= 11 is 0. The molecule has 3 heterocycles. The van der Waals surface area contributed by atoms with Crippen LogP contribution in [0.15, 0.2) is 60.9 Å². The third kappa shape index (κ3) is 2.93. The lowest BCUT2D eigenvalue weighted by Crippen LogP contribution is -2.30. The van der Waals surface area contributed by atoms with Crippen molar-refractivity contribution in [3.63, 3.8) is 0 Å². The van der Waals surface area contributed by atoms with Gasteiger partial charge >= 0.3 is 0 Å². The summed E-state index contributed by atoms with van der Waals surface area (Å²) in [5.41, 5.74) is 3.70. The SMILES string of the molecule is Cc1ccnn1-c1ccc(C(=O)N2CCC[C@H]2c2ccccn2)cc1.